The van der Waals surface area contributed by atoms with Crippen LogP contribution in [0.5, 0.6) is 0 Å². The van der Waals surface area contributed by atoms with Gasteiger partial charge in [0.05, 0.1) is 29.1 Å². The number of ether oxygens (including phenoxy) is 1. The predicted molar refractivity (Wildman–Crippen MR) is 109 cm³/mol. The molecule has 1 aromatic carbocycles. The van der Waals surface area contributed by atoms with Crippen molar-refractivity contribution in [3.63, 3.8) is 0 Å². The molecule has 2 aromatic heterocycles. The summed E-state index contributed by atoms with van der Waals surface area (Å²) in [6.45, 7) is 5.15. The van der Waals surface area contributed by atoms with Gasteiger partial charge in [0.25, 0.3) is 0 Å². The first-order valence-electron chi connectivity index (χ1n) is 9.30. The Hall–Kier alpha value is -3.01. The lowest BCUT2D eigenvalue weighted by Gasteiger charge is -2.12. The Morgan fingerprint density at radius 3 is 2.75 bits per heavy atom. The van der Waals surface area contributed by atoms with E-state index in [1.165, 1.54) is 0 Å². The number of nitriles is 1. The molecule has 6 nitrogen and oxygen atoms in total. The molecule has 2 N–H and O–H groups in total. The van der Waals surface area contributed by atoms with Crippen LogP contribution in [0.3, 0.4) is 0 Å². The Morgan fingerprint density at radius 1 is 1.29 bits per heavy atom. The fourth-order valence-electron chi connectivity index (χ4n) is 3.14. The Morgan fingerprint density at radius 2 is 2.11 bits per heavy atom. The normalized spacial score (nSPS) is 12.0. The Bertz CT molecular complexity index is 985. The zero-order chi connectivity index (χ0) is 20.1. The number of benzene rings is 1. The molecule has 144 valence electrons. The number of nitrogens with zero attached hydrogens (tertiary/aromatic N) is 4. The summed E-state index contributed by atoms with van der Waals surface area (Å²) < 4.78 is 7.45. The van der Waals surface area contributed by atoms with Gasteiger partial charge in [0, 0.05) is 31.6 Å². The third-order valence-electron chi connectivity index (χ3n) is 4.87. The summed E-state index contributed by atoms with van der Waals surface area (Å²) in [5, 5.41) is 9.34. The van der Waals surface area contributed by atoms with Gasteiger partial charge in [0.1, 0.15) is 5.82 Å². The van der Waals surface area contributed by atoms with Crippen LogP contribution in [0, 0.1) is 18.3 Å². The molecule has 0 aliphatic heterocycles. The van der Waals surface area contributed by atoms with Crippen LogP contribution >= 0.6 is 0 Å². The molecule has 0 radical (unpaired) electrons. The molecule has 0 saturated heterocycles. The van der Waals surface area contributed by atoms with E-state index >= 15 is 0 Å². The van der Waals surface area contributed by atoms with Gasteiger partial charge >= 0.3 is 0 Å². The molecule has 0 aliphatic rings. The summed E-state index contributed by atoms with van der Waals surface area (Å²) in [7, 11) is 1.67. The molecular weight excluding hydrogens is 350 g/mol. The maximum Gasteiger partial charge on any atom is 0.106 e. The smallest absolute Gasteiger partial charge is 0.106 e. The molecule has 0 spiro atoms. The average molecular weight is 375 g/mol. The highest BCUT2D eigenvalue weighted by atomic mass is 16.5. The topological polar surface area (TPSA) is 89.8 Å². The quantitative estimate of drug-likeness (QED) is 0.684. The number of hydrogen-bond donors (Lipinski definition) is 1. The first kappa shape index (κ1) is 19.7. The fraction of sp³-hybridized carbons (Fsp3) is 0.318. The van der Waals surface area contributed by atoms with Crippen LogP contribution < -0.4 is 5.73 Å². The van der Waals surface area contributed by atoms with Crippen LogP contribution in [0.25, 0.3) is 11.3 Å². The molecule has 3 rings (SSSR count). The van der Waals surface area contributed by atoms with Gasteiger partial charge in [0.15, 0.2) is 0 Å². The van der Waals surface area contributed by atoms with E-state index in [1.54, 1.807) is 7.11 Å². The van der Waals surface area contributed by atoms with Crippen LogP contribution in [0.2, 0.25) is 0 Å². The number of aryl methyl sites for hydroxylation is 1. The second kappa shape index (κ2) is 8.79. The molecule has 1 atom stereocenters. The van der Waals surface area contributed by atoms with Crippen LogP contribution in [0.4, 0.5) is 0 Å². The molecule has 28 heavy (non-hydrogen) atoms. The molecule has 0 amide bonds. The Balaban J connectivity index is 1.98. The number of pyridine rings is 1. The van der Waals surface area contributed by atoms with Crippen molar-refractivity contribution in [3.8, 4) is 17.3 Å². The predicted octanol–water partition coefficient (Wildman–Crippen LogP) is 3.38. The minimum atomic E-state index is -0.0679. The summed E-state index contributed by atoms with van der Waals surface area (Å²) >= 11 is 0. The van der Waals surface area contributed by atoms with Crippen molar-refractivity contribution in [2.45, 2.75) is 32.9 Å². The lowest BCUT2D eigenvalue weighted by molar-refractivity contribution is 0.116. The van der Waals surface area contributed by atoms with Crippen LogP contribution in [0.1, 0.15) is 41.2 Å². The molecular formula is C22H25N5O. The van der Waals surface area contributed by atoms with Crippen molar-refractivity contribution < 1.29 is 4.74 Å². The second-order valence-electron chi connectivity index (χ2n) is 6.79. The highest BCUT2D eigenvalue weighted by Gasteiger charge is 2.14. The van der Waals surface area contributed by atoms with Gasteiger partial charge in [0.2, 0.25) is 0 Å². The van der Waals surface area contributed by atoms with Crippen molar-refractivity contribution in [2.24, 2.45) is 5.73 Å². The summed E-state index contributed by atoms with van der Waals surface area (Å²) in [4.78, 5) is 9.21. The maximum atomic E-state index is 9.34. The highest BCUT2D eigenvalue weighted by molar-refractivity contribution is 5.65. The molecule has 0 aliphatic carbocycles. The zero-order valence-corrected chi connectivity index (χ0v) is 16.5. The minimum absolute atomic E-state index is 0.0679. The first-order chi connectivity index (χ1) is 13.5. The van der Waals surface area contributed by atoms with Crippen molar-refractivity contribution in [2.75, 3.05) is 13.7 Å². The SMILES string of the molecule is COC(C)c1cn(Cc2cc(C#N)ccc2-c2ccc(CCN)cn2)c(C)n1. The van der Waals surface area contributed by atoms with Crippen LogP contribution in [0.15, 0.2) is 42.7 Å². The van der Waals surface area contributed by atoms with Gasteiger partial charge in [-0.3, -0.25) is 4.98 Å². The molecule has 6 heteroatoms. The first-order valence-corrected chi connectivity index (χ1v) is 9.30. The number of rotatable bonds is 7. The number of nitrogens with two attached hydrogens (primary N) is 1. The van der Waals surface area contributed by atoms with E-state index in [-0.39, 0.29) is 6.10 Å². The lowest BCUT2D eigenvalue weighted by atomic mass is 10.0. The Labute approximate surface area is 165 Å². The van der Waals surface area contributed by atoms with Gasteiger partial charge < -0.3 is 15.0 Å². The van der Waals surface area contributed by atoms with E-state index in [1.807, 2.05) is 50.5 Å². The van der Waals surface area contributed by atoms with Gasteiger partial charge in [-0.2, -0.15) is 5.26 Å². The number of hydrogen-bond acceptors (Lipinski definition) is 5. The van der Waals surface area contributed by atoms with E-state index in [0.29, 0.717) is 18.7 Å². The molecule has 2 heterocycles. The molecule has 3 aromatic rings. The molecule has 0 bridgehead atoms. The third kappa shape index (κ3) is 4.28. The third-order valence-corrected chi connectivity index (χ3v) is 4.87. The summed E-state index contributed by atoms with van der Waals surface area (Å²) in [6.07, 6.45) is 4.61. The van der Waals surface area contributed by atoms with E-state index in [0.717, 1.165) is 40.3 Å². The summed E-state index contributed by atoms with van der Waals surface area (Å²) in [6, 6.07) is 12.0. The highest BCUT2D eigenvalue weighted by Crippen LogP contribution is 2.25. The monoisotopic (exact) mass is 375 g/mol. The van der Waals surface area contributed by atoms with Crippen LogP contribution in [-0.4, -0.2) is 28.2 Å². The molecule has 0 fully saturated rings. The maximum absolute atomic E-state index is 9.34. The van der Waals surface area contributed by atoms with Crippen molar-refractivity contribution in [1.82, 2.24) is 14.5 Å². The van der Waals surface area contributed by atoms with E-state index < -0.39 is 0 Å². The van der Waals surface area contributed by atoms with Gasteiger partial charge in [-0.05, 0) is 56.1 Å². The Kier molecular flexibility index (Phi) is 6.19. The second-order valence-corrected chi connectivity index (χ2v) is 6.79. The van der Waals surface area contributed by atoms with Crippen molar-refractivity contribution in [1.29, 1.82) is 5.26 Å². The standard InChI is InChI=1S/C22H25N5O/c1-15(28-3)22-14-27(16(2)26-22)13-19-10-18(11-24)4-6-20(19)21-7-5-17(8-9-23)12-25-21/h4-7,10,12,14-15H,8-9,13,23H2,1-3H3. The van der Waals surface area contributed by atoms with Gasteiger partial charge in [-0.1, -0.05) is 12.1 Å². The average Bonchev–Trinajstić information content (AvgIpc) is 3.08. The fourth-order valence-corrected chi connectivity index (χ4v) is 3.14. The lowest BCUT2D eigenvalue weighted by Crippen LogP contribution is -2.05. The number of imidazole rings is 1. The molecule has 1 unspecified atom stereocenters. The summed E-state index contributed by atoms with van der Waals surface area (Å²) in [5.41, 5.74) is 11.2. The molecule has 0 saturated carbocycles. The number of aromatic nitrogens is 3. The minimum Gasteiger partial charge on any atom is -0.375 e. The number of methoxy groups -OCH3 is 1. The van der Waals surface area contributed by atoms with Crippen LogP contribution in [-0.2, 0) is 17.7 Å². The van der Waals surface area contributed by atoms with E-state index in [4.69, 9.17) is 10.5 Å². The van der Waals surface area contributed by atoms with Crippen molar-refractivity contribution >= 4 is 0 Å². The van der Waals surface area contributed by atoms with Gasteiger partial charge in [-0.25, -0.2) is 4.98 Å². The summed E-state index contributed by atoms with van der Waals surface area (Å²) in [5.74, 6) is 0.901. The van der Waals surface area contributed by atoms with E-state index in [2.05, 4.69) is 26.7 Å². The van der Waals surface area contributed by atoms with Gasteiger partial charge in [-0.15, -0.1) is 0 Å². The van der Waals surface area contributed by atoms with E-state index in [9.17, 15) is 5.26 Å². The van der Waals surface area contributed by atoms with Crippen molar-refractivity contribution in [3.05, 3.63) is 70.9 Å². The zero-order valence-electron chi connectivity index (χ0n) is 16.5. The largest absolute Gasteiger partial charge is 0.375 e.